The Hall–Kier alpha value is -1.47. The van der Waals surface area contributed by atoms with Crippen LogP contribution in [0.5, 0.6) is 0 Å². The van der Waals surface area contributed by atoms with E-state index in [0.717, 1.165) is 16.7 Å². The van der Waals surface area contributed by atoms with Crippen LogP contribution in [0.1, 0.15) is 5.69 Å². The number of alkyl halides is 3. The smallest absolute Gasteiger partial charge is 0.396 e. The van der Waals surface area contributed by atoms with Crippen molar-refractivity contribution in [2.75, 3.05) is 11.1 Å². The van der Waals surface area contributed by atoms with Crippen LogP contribution in [0.2, 0.25) is 5.02 Å². The average Bonchev–Trinajstić information content (AvgIpc) is 2.33. The number of nitrogens with zero attached hydrogens (tertiary/aromatic N) is 1. The van der Waals surface area contributed by atoms with E-state index in [9.17, 15) is 13.2 Å². The van der Waals surface area contributed by atoms with Crippen LogP contribution in [0.3, 0.4) is 0 Å². The minimum absolute atomic E-state index is 0.0940. The van der Waals surface area contributed by atoms with E-state index < -0.39 is 11.9 Å². The lowest BCUT2D eigenvalue weighted by Crippen LogP contribution is -2.09. The highest BCUT2D eigenvalue weighted by Gasteiger charge is 2.33. The molecule has 2 rings (SSSR count). The Morgan fingerprint density at radius 1 is 1.20 bits per heavy atom. The fourth-order valence-corrected chi connectivity index (χ4v) is 2.19. The Balaban J connectivity index is 2.38. The zero-order chi connectivity index (χ0) is 14.9. The second-order valence-electron chi connectivity index (χ2n) is 3.90. The van der Waals surface area contributed by atoms with Gasteiger partial charge in [0.25, 0.3) is 0 Å². The molecule has 0 aliphatic heterocycles. The van der Waals surface area contributed by atoms with Crippen molar-refractivity contribution in [3.63, 3.8) is 0 Å². The monoisotopic (exact) mass is 365 g/mol. The quantitative estimate of drug-likeness (QED) is 0.799. The van der Waals surface area contributed by atoms with Gasteiger partial charge in [-0.25, -0.2) is 4.98 Å². The summed E-state index contributed by atoms with van der Waals surface area (Å²) in [4.78, 5) is 3.26. The van der Waals surface area contributed by atoms with Crippen LogP contribution < -0.4 is 11.1 Å². The molecule has 0 aliphatic carbocycles. The molecule has 2 aromatic rings. The number of nitrogen functional groups attached to an aromatic ring is 1. The van der Waals surface area contributed by atoms with Crippen molar-refractivity contribution < 1.29 is 13.2 Å². The van der Waals surface area contributed by atoms with Crippen LogP contribution in [0.4, 0.5) is 30.2 Å². The van der Waals surface area contributed by atoms with E-state index in [2.05, 4.69) is 26.2 Å². The lowest BCUT2D eigenvalue weighted by Gasteiger charge is -2.13. The van der Waals surface area contributed by atoms with Gasteiger partial charge in [0.1, 0.15) is 5.69 Å². The minimum atomic E-state index is -4.53. The molecule has 20 heavy (non-hydrogen) atoms. The zero-order valence-corrected chi connectivity index (χ0v) is 12.1. The Morgan fingerprint density at radius 2 is 1.90 bits per heavy atom. The highest BCUT2D eigenvalue weighted by molar-refractivity contribution is 9.10. The van der Waals surface area contributed by atoms with E-state index in [0.29, 0.717) is 10.7 Å². The summed E-state index contributed by atoms with van der Waals surface area (Å²) in [6, 6.07) is 5.79. The molecule has 0 bridgehead atoms. The first kappa shape index (κ1) is 14.9. The molecule has 106 valence electrons. The van der Waals surface area contributed by atoms with E-state index >= 15 is 0 Å². The average molecular weight is 367 g/mol. The minimum Gasteiger partial charge on any atom is -0.396 e. The number of hydrogen-bond acceptors (Lipinski definition) is 3. The number of benzene rings is 1. The van der Waals surface area contributed by atoms with E-state index in [-0.39, 0.29) is 11.4 Å². The van der Waals surface area contributed by atoms with E-state index in [1.807, 2.05) is 0 Å². The summed E-state index contributed by atoms with van der Waals surface area (Å²) in [7, 11) is 0. The molecule has 0 radical (unpaired) electrons. The van der Waals surface area contributed by atoms with E-state index in [1.54, 1.807) is 18.2 Å². The lowest BCUT2D eigenvalue weighted by atomic mass is 10.2. The summed E-state index contributed by atoms with van der Waals surface area (Å²) in [5.74, 6) is 0. The molecule has 1 aromatic carbocycles. The van der Waals surface area contributed by atoms with Crippen LogP contribution in [-0.4, -0.2) is 4.98 Å². The first-order valence-electron chi connectivity index (χ1n) is 5.32. The van der Waals surface area contributed by atoms with Crippen LogP contribution in [-0.2, 0) is 6.18 Å². The number of halogens is 5. The number of rotatable bonds is 2. The van der Waals surface area contributed by atoms with Gasteiger partial charge in [0.05, 0.1) is 28.3 Å². The topological polar surface area (TPSA) is 50.9 Å². The number of aromatic nitrogens is 1. The molecule has 8 heteroatoms. The maximum absolute atomic E-state index is 12.6. The Labute approximate surface area is 126 Å². The van der Waals surface area contributed by atoms with Crippen LogP contribution in [0.25, 0.3) is 0 Å². The SMILES string of the molecule is Nc1cnc(C(F)(F)F)cc1Nc1ccc(Br)cc1Cl. The van der Waals surface area contributed by atoms with Gasteiger partial charge in [-0.3, -0.25) is 0 Å². The summed E-state index contributed by atoms with van der Waals surface area (Å²) in [5.41, 5.74) is 5.22. The van der Waals surface area contributed by atoms with Crippen molar-refractivity contribution in [3.05, 3.63) is 45.7 Å². The van der Waals surface area contributed by atoms with Crippen LogP contribution in [0.15, 0.2) is 34.9 Å². The van der Waals surface area contributed by atoms with E-state index in [4.69, 9.17) is 17.3 Å². The zero-order valence-electron chi connectivity index (χ0n) is 9.80. The molecular weight excluding hydrogens is 359 g/mol. The summed E-state index contributed by atoms with van der Waals surface area (Å²) < 4.78 is 38.6. The highest BCUT2D eigenvalue weighted by Crippen LogP contribution is 2.34. The molecule has 3 N–H and O–H groups in total. The standard InChI is InChI=1S/C12H8BrClF3N3/c13-6-1-2-9(7(14)3-6)20-10-4-11(12(15,16)17)19-5-8(10)18/h1-5H,18H2,(H,19,20). The molecule has 0 unspecified atom stereocenters. The summed E-state index contributed by atoms with van der Waals surface area (Å²) in [6.45, 7) is 0. The molecular formula is C12H8BrClF3N3. The maximum atomic E-state index is 12.6. The third kappa shape index (κ3) is 3.34. The lowest BCUT2D eigenvalue weighted by molar-refractivity contribution is -0.141. The van der Waals surface area contributed by atoms with Gasteiger partial charge in [0, 0.05) is 4.47 Å². The van der Waals surface area contributed by atoms with Crippen molar-refractivity contribution in [3.8, 4) is 0 Å². The summed E-state index contributed by atoms with van der Waals surface area (Å²) >= 11 is 9.23. The van der Waals surface area contributed by atoms with Crippen molar-refractivity contribution >= 4 is 44.6 Å². The number of anilines is 3. The van der Waals surface area contributed by atoms with Gasteiger partial charge in [-0.05, 0) is 24.3 Å². The molecule has 0 spiro atoms. The first-order valence-corrected chi connectivity index (χ1v) is 6.49. The molecule has 1 heterocycles. The Kier molecular flexibility index (Phi) is 4.10. The number of nitrogens with two attached hydrogens (primary N) is 1. The van der Waals surface area contributed by atoms with Crippen molar-refractivity contribution in [1.82, 2.24) is 4.98 Å². The van der Waals surface area contributed by atoms with Gasteiger partial charge >= 0.3 is 6.18 Å². The summed E-state index contributed by atoms with van der Waals surface area (Å²) in [6.07, 6.45) is -3.58. The third-order valence-corrected chi connectivity index (χ3v) is 3.23. The molecule has 0 fully saturated rings. The van der Waals surface area contributed by atoms with Crippen LogP contribution >= 0.6 is 27.5 Å². The predicted octanol–water partition coefficient (Wildman–Crippen LogP) is 4.84. The predicted molar refractivity (Wildman–Crippen MR) is 76.1 cm³/mol. The van der Waals surface area contributed by atoms with Gasteiger partial charge in [0.15, 0.2) is 0 Å². The normalized spacial score (nSPS) is 11.4. The summed E-state index contributed by atoms with van der Waals surface area (Å²) in [5, 5.41) is 3.11. The number of pyridine rings is 1. The molecule has 0 saturated heterocycles. The molecule has 3 nitrogen and oxygen atoms in total. The fourth-order valence-electron chi connectivity index (χ4n) is 1.47. The second-order valence-corrected chi connectivity index (χ2v) is 5.23. The van der Waals surface area contributed by atoms with Gasteiger partial charge < -0.3 is 11.1 Å². The maximum Gasteiger partial charge on any atom is 0.433 e. The Bertz CT molecular complexity index is 646. The van der Waals surface area contributed by atoms with E-state index in [1.165, 1.54) is 0 Å². The number of nitrogens with one attached hydrogen (secondary N) is 1. The van der Waals surface area contributed by atoms with Crippen LogP contribution in [0, 0.1) is 0 Å². The molecule has 1 aromatic heterocycles. The molecule has 0 aliphatic rings. The number of hydrogen-bond donors (Lipinski definition) is 2. The van der Waals surface area contributed by atoms with Gasteiger partial charge in [0.2, 0.25) is 0 Å². The first-order chi connectivity index (χ1) is 9.27. The van der Waals surface area contributed by atoms with Crippen molar-refractivity contribution in [1.29, 1.82) is 0 Å². The van der Waals surface area contributed by atoms with Crippen molar-refractivity contribution in [2.24, 2.45) is 0 Å². The Morgan fingerprint density at radius 3 is 2.50 bits per heavy atom. The molecule has 0 atom stereocenters. The van der Waals surface area contributed by atoms with Gasteiger partial charge in [-0.15, -0.1) is 0 Å². The molecule has 0 amide bonds. The van der Waals surface area contributed by atoms with Gasteiger partial charge in [-0.1, -0.05) is 27.5 Å². The highest BCUT2D eigenvalue weighted by atomic mass is 79.9. The largest absolute Gasteiger partial charge is 0.433 e. The van der Waals surface area contributed by atoms with Gasteiger partial charge in [-0.2, -0.15) is 13.2 Å². The fraction of sp³-hybridized carbons (Fsp3) is 0.0833. The van der Waals surface area contributed by atoms with Crippen molar-refractivity contribution in [2.45, 2.75) is 6.18 Å². The third-order valence-electron chi connectivity index (χ3n) is 2.43. The molecule has 0 saturated carbocycles. The second kappa shape index (κ2) is 5.49.